The molecular formula is C18H33IN6O. The Labute approximate surface area is 174 Å². The van der Waals surface area contributed by atoms with Gasteiger partial charge in [0.05, 0.1) is 6.20 Å². The second-order valence-corrected chi connectivity index (χ2v) is 6.68. The summed E-state index contributed by atoms with van der Waals surface area (Å²) in [6.45, 7) is 8.64. The van der Waals surface area contributed by atoms with Gasteiger partial charge in [-0.1, -0.05) is 0 Å². The fourth-order valence-electron chi connectivity index (χ4n) is 3.15. The van der Waals surface area contributed by atoms with Gasteiger partial charge in [0.1, 0.15) is 0 Å². The number of carbonyl (C=O) groups is 1. The van der Waals surface area contributed by atoms with Crippen LogP contribution < -0.4 is 10.6 Å². The molecule has 1 aromatic rings. The average Bonchev–Trinajstić information content (AvgIpc) is 3.03. The highest BCUT2D eigenvalue weighted by Crippen LogP contribution is 2.20. The van der Waals surface area contributed by atoms with E-state index in [9.17, 15) is 4.79 Å². The van der Waals surface area contributed by atoms with E-state index in [0.29, 0.717) is 12.3 Å². The van der Waals surface area contributed by atoms with Crippen LogP contribution >= 0.6 is 24.0 Å². The van der Waals surface area contributed by atoms with Gasteiger partial charge in [0.2, 0.25) is 5.91 Å². The summed E-state index contributed by atoms with van der Waals surface area (Å²) in [4.78, 5) is 18.6. The summed E-state index contributed by atoms with van der Waals surface area (Å²) in [6.07, 6.45) is 7.65. The Morgan fingerprint density at radius 2 is 2.12 bits per heavy atom. The molecule has 1 fully saturated rings. The SMILES string of the molecule is CCNC(=NCCCn1cc(C)cn1)N1CCC(CC(=O)NC)CC1.I. The third-order valence-corrected chi connectivity index (χ3v) is 4.57. The highest BCUT2D eigenvalue weighted by molar-refractivity contribution is 14.0. The van der Waals surface area contributed by atoms with Crippen molar-refractivity contribution in [3.05, 3.63) is 18.0 Å². The number of aliphatic imine (C=N–C) groups is 1. The van der Waals surface area contributed by atoms with Gasteiger partial charge in [0, 0.05) is 52.4 Å². The number of carbonyl (C=O) groups excluding carboxylic acids is 1. The number of rotatable bonds is 7. The van der Waals surface area contributed by atoms with Crippen molar-refractivity contribution in [1.29, 1.82) is 0 Å². The van der Waals surface area contributed by atoms with Crippen LogP contribution in [0.4, 0.5) is 0 Å². The number of amides is 1. The molecule has 0 spiro atoms. The van der Waals surface area contributed by atoms with E-state index in [-0.39, 0.29) is 29.9 Å². The summed E-state index contributed by atoms with van der Waals surface area (Å²) >= 11 is 0. The fraction of sp³-hybridized carbons (Fsp3) is 0.722. The van der Waals surface area contributed by atoms with Crippen LogP contribution in [0.5, 0.6) is 0 Å². The van der Waals surface area contributed by atoms with Crippen LogP contribution in [-0.4, -0.2) is 59.8 Å². The van der Waals surface area contributed by atoms with E-state index in [4.69, 9.17) is 4.99 Å². The molecule has 0 atom stereocenters. The summed E-state index contributed by atoms with van der Waals surface area (Å²) in [5.74, 6) is 1.63. The molecular weight excluding hydrogens is 443 g/mol. The summed E-state index contributed by atoms with van der Waals surface area (Å²) in [5, 5.41) is 10.4. The van der Waals surface area contributed by atoms with Crippen molar-refractivity contribution < 1.29 is 4.79 Å². The molecule has 0 aliphatic carbocycles. The van der Waals surface area contributed by atoms with Gasteiger partial charge in [-0.2, -0.15) is 5.10 Å². The van der Waals surface area contributed by atoms with Crippen molar-refractivity contribution in [2.45, 2.75) is 46.1 Å². The van der Waals surface area contributed by atoms with Gasteiger partial charge < -0.3 is 15.5 Å². The van der Waals surface area contributed by atoms with Gasteiger partial charge in [-0.3, -0.25) is 14.5 Å². The number of halogens is 1. The monoisotopic (exact) mass is 476 g/mol. The molecule has 148 valence electrons. The molecule has 1 amide bonds. The van der Waals surface area contributed by atoms with E-state index >= 15 is 0 Å². The second kappa shape index (κ2) is 12.1. The fourth-order valence-corrected chi connectivity index (χ4v) is 3.15. The molecule has 0 bridgehead atoms. The lowest BCUT2D eigenvalue weighted by Gasteiger charge is -2.34. The Bertz CT molecular complexity index is 566. The van der Waals surface area contributed by atoms with E-state index in [1.165, 1.54) is 5.56 Å². The summed E-state index contributed by atoms with van der Waals surface area (Å²) in [5.41, 5.74) is 1.19. The first-order valence-corrected chi connectivity index (χ1v) is 9.35. The van der Waals surface area contributed by atoms with Gasteiger partial charge >= 0.3 is 0 Å². The first kappa shape index (κ1) is 22.7. The van der Waals surface area contributed by atoms with E-state index in [1.54, 1.807) is 7.05 Å². The van der Waals surface area contributed by atoms with E-state index in [2.05, 4.69) is 40.7 Å². The van der Waals surface area contributed by atoms with Crippen molar-refractivity contribution in [3.8, 4) is 0 Å². The summed E-state index contributed by atoms with van der Waals surface area (Å²) in [7, 11) is 1.71. The van der Waals surface area contributed by atoms with E-state index in [1.807, 2.05) is 10.9 Å². The van der Waals surface area contributed by atoms with Crippen LogP contribution in [0.15, 0.2) is 17.4 Å². The molecule has 26 heavy (non-hydrogen) atoms. The maximum Gasteiger partial charge on any atom is 0.220 e. The van der Waals surface area contributed by atoms with Gasteiger partial charge in [0.25, 0.3) is 0 Å². The van der Waals surface area contributed by atoms with Gasteiger partial charge in [0.15, 0.2) is 5.96 Å². The number of aryl methyl sites for hydroxylation is 2. The van der Waals surface area contributed by atoms with E-state index in [0.717, 1.165) is 57.9 Å². The minimum absolute atomic E-state index is 0. The molecule has 8 heteroatoms. The first-order valence-electron chi connectivity index (χ1n) is 9.35. The largest absolute Gasteiger partial charge is 0.359 e. The lowest BCUT2D eigenvalue weighted by molar-refractivity contribution is -0.121. The predicted molar refractivity (Wildman–Crippen MR) is 116 cm³/mol. The van der Waals surface area contributed by atoms with Crippen LogP contribution in [0.25, 0.3) is 0 Å². The van der Waals surface area contributed by atoms with Crippen molar-refractivity contribution in [2.75, 3.05) is 33.2 Å². The number of likely N-dealkylation sites (tertiary alicyclic amines) is 1. The molecule has 1 aliphatic heterocycles. The quantitative estimate of drug-likeness (QED) is 0.273. The molecule has 1 aromatic heterocycles. The summed E-state index contributed by atoms with van der Waals surface area (Å²) < 4.78 is 1.97. The molecule has 1 aliphatic rings. The molecule has 0 saturated carbocycles. The Kier molecular flexibility index (Phi) is 10.6. The highest BCUT2D eigenvalue weighted by atomic mass is 127. The van der Waals surface area contributed by atoms with Crippen LogP contribution in [0.1, 0.15) is 38.2 Å². The maximum absolute atomic E-state index is 11.5. The van der Waals surface area contributed by atoms with E-state index < -0.39 is 0 Å². The molecule has 7 nitrogen and oxygen atoms in total. The number of aromatic nitrogens is 2. The third-order valence-electron chi connectivity index (χ3n) is 4.57. The molecule has 2 heterocycles. The number of nitrogens with one attached hydrogen (secondary N) is 2. The molecule has 0 radical (unpaired) electrons. The molecule has 2 rings (SSSR count). The number of piperidine rings is 1. The normalized spacial score (nSPS) is 15.5. The zero-order chi connectivity index (χ0) is 18.1. The minimum Gasteiger partial charge on any atom is -0.359 e. The number of hydrogen-bond donors (Lipinski definition) is 2. The number of hydrogen-bond acceptors (Lipinski definition) is 3. The lowest BCUT2D eigenvalue weighted by Crippen LogP contribution is -2.46. The van der Waals surface area contributed by atoms with Gasteiger partial charge in [-0.05, 0) is 44.6 Å². The van der Waals surface area contributed by atoms with Gasteiger partial charge in [-0.15, -0.1) is 24.0 Å². The van der Waals surface area contributed by atoms with Crippen LogP contribution in [0.3, 0.4) is 0 Å². The lowest BCUT2D eigenvalue weighted by atomic mass is 9.93. The Hall–Kier alpha value is -1.32. The highest BCUT2D eigenvalue weighted by Gasteiger charge is 2.22. The van der Waals surface area contributed by atoms with Gasteiger partial charge in [-0.25, -0.2) is 0 Å². The Morgan fingerprint density at radius 1 is 1.38 bits per heavy atom. The predicted octanol–water partition coefficient (Wildman–Crippen LogP) is 2.01. The zero-order valence-electron chi connectivity index (χ0n) is 16.2. The topological polar surface area (TPSA) is 74.5 Å². The smallest absolute Gasteiger partial charge is 0.220 e. The van der Waals surface area contributed by atoms with Crippen LogP contribution in [0.2, 0.25) is 0 Å². The average molecular weight is 476 g/mol. The van der Waals surface area contributed by atoms with Crippen molar-refractivity contribution in [3.63, 3.8) is 0 Å². The van der Waals surface area contributed by atoms with Crippen molar-refractivity contribution in [2.24, 2.45) is 10.9 Å². The molecule has 2 N–H and O–H groups in total. The summed E-state index contributed by atoms with van der Waals surface area (Å²) in [6, 6.07) is 0. The van der Waals surface area contributed by atoms with Crippen LogP contribution in [0, 0.1) is 12.8 Å². The molecule has 1 saturated heterocycles. The zero-order valence-corrected chi connectivity index (χ0v) is 18.5. The first-order chi connectivity index (χ1) is 12.1. The minimum atomic E-state index is 0. The maximum atomic E-state index is 11.5. The van der Waals surface area contributed by atoms with Crippen molar-refractivity contribution in [1.82, 2.24) is 25.3 Å². The van der Waals surface area contributed by atoms with Crippen molar-refractivity contribution >= 4 is 35.8 Å². The number of guanidine groups is 1. The second-order valence-electron chi connectivity index (χ2n) is 6.68. The van der Waals surface area contributed by atoms with Crippen LogP contribution in [-0.2, 0) is 11.3 Å². The molecule has 0 unspecified atom stereocenters. The Morgan fingerprint density at radius 3 is 2.69 bits per heavy atom. The molecule has 0 aromatic carbocycles. The Balaban J connectivity index is 0.00000338. The standard InChI is InChI=1S/C18H32N6O.HI/c1-4-20-18(21-8-5-9-24-14-15(2)13-22-24)23-10-6-16(7-11-23)12-17(25)19-3;/h13-14,16H,4-12H2,1-3H3,(H,19,25)(H,20,21);1H. The number of nitrogens with zero attached hydrogens (tertiary/aromatic N) is 4. The third kappa shape index (κ3) is 7.51.